The maximum absolute atomic E-state index is 9.15. The molecule has 0 saturated heterocycles. The van der Waals surface area contributed by atoms with Gasteiger partial charge in [0.15, 0.2) is 0 Å². The zero-order chi connectivity index (χ0) is 4.28. The molecule has 0 aliphatic rings. The van der Waals surface area contributed by atoms with Gasteiger partial charge in [-0.05, 0) is 0 Å². The molecule has 0 aliphatic carbocycles. The van der Waals surface area contributed by atoms with Crippen LogP contribution in [0.4, 0.5) is 0 Å². The van der Waals surface area contributed by atoms with E-state index in [0.29, 0.717) is 0 Å². The molecule has 0 spiro atoms. The van der Waals surface area contributed by atoms with Gasteiger partial charge in [-0.2, -0.15) is 0 Å². The second-order valence-corrected chi connectivity index (χ2v) is 1.11. The molecule has 0 fully saturated rings. The van der Waals surface area contributed by atoms with Crippen LogP contribution in [0.25, 0.3) is 0 Å². The third-order valence-electron chi connectivity index (χ3n) is 0.136. The molecular weight excluding hydrogens is 299 g/mol. The van der Waals surface area contributed by atoms with Crippen molar-refractivity contribution in [3.8, 4) is 0 Å². The zero-order valence-electron chi connectivity index (χ0n) is 3.21. The van der Waals surface area contributed by atoms with Gasteiger partial charge >= 0.3 is 27.3 Å². The minimum absolute atomic E-state index is 0. The average Bonchev–Trinajstić information content (AvgIpc) is 1.38. The number of hydrogen-bond donors (Lipinski definition) is 0. The predicted molar refractivity (Wildman–Crippen MR) is 22.9 cm³/mol. The molecule has 0 unspecified atom stereocenters. The van der Waals surface area contributed by atoms with Crippen LogP contribution in [0.1, 0.15) is 0 Å². The van der Waals surface area contributed by atoms with E-state index in [1.165, 1.54) is 0 Å². The Kier molecular flexibility index (Phi) is 9.67. The van der Waals surface area contributed by atoms with Gasteiger partial charge in [0.25, 0.3) is 0 Å². The molecule has 0 rings (SSSR count). The van der Waals surface area contributed by atoms with Gasteiger partial charge in [-0.15, -0.1) is 0 Å². The maximum atomic E-state index is 9.15. The Bertz CT molecular complexity index is 68.9. The molecule has 0 amide bonds. The summed E-state index contributed by atoms with van der Waals surface area (Å²) in [6.45, 7) is 0. The fourth-order valence-corrected chi connectivity index (χ4v) is 0. The second-order valence-electron chi connectivity index (χ2n) is 0.371. The van der Waals surface area contributed by atoms with Crippen LogP contribution in [0.3, 0.4) is 0 Å². The number of rotatable bonds is 1. The Morgan fingerprint density at radius 1 is 1.50 bits per heavy atom. The zero-order valence-corrected chi connectivity index (χ0v) is 8.52. The quantitative estimate of drug-likeness (QED) is 0.471. The molecule has 0 aromatic rings. The molecule has 3 nitrogen and oxygen atoms in total. The monoisotopic (exact) mass is 304 g/mol. The van der Waals surface area contributed by atoms with E-state index < -0.39 is 11.0 Å². The summed E-state index contributed by atoms with van der Waals surface area (Å²) >= 11 is 0. The van der Waals surface area contributed by atoms with Crippen molar-refractivity contribution in [3.05, 3.63) is 0 Å². The van der Waals surface area contributed by atoms with Crippen LogP contribution in [0.5, 0.6) is 0 Å². The minimum atomic E-state index is -2.32. The van der Waals surface area contributed by atoms with Crippen molar-refractivity contribution in [1.29, 1.82) is 0 Å². The van der Waals surface area contributed by atoms with E-state index >= 15 is 0 Å². The third kappa shape index (κ3) is 8.85. The van der Waals surface area contributed by atoms with Crippen molar-refractivity contribution >= 4 is 38.3 Å². The Labute approximate surface area is 58.0 Å². The van der Waals surface area contributed by atoms with Gasteiger partial charge in [0.05, 0.1) is 11.0 Å². The fourth-order valence-electron chi connectivity index (χ4n) is 0. The third-order valence-corrected chi connectivity index (χ3v) is 0.408. The van der Waals surface area contributed by atoms with Gasteiger partial charge in [-0.25, -0.2) is 0 Å². The molecule has 5 heteroatoms. The van der Waals surface area contributed by atoms with E-state index in [4.69, 9.17) is 8.42 Å². The van der Waals surface area contributed by atoms with Gasteiger partial charge in [-0.3, -0.25) is 0 Å². The van der Waals surface area contributed by atoms with Crippen molar-refractivity contribution in [3.63, 3.8) is 0 Å². The van der Waals surface area contributed by atoms with Crippen LogP contribution in [-0.4, -0.2) is 34.4 Å². The fraction of sp³-hybridized carbons (Fsp3) is 1.00. The molecule has 0 heterocycles. The first kappa shape index (κ1) is 9.95. The van der Waals surface area contributed by atoms with E-state index in [1.54, 1.807) is 0 Å². The Balaban J connectivity index is 0. The molecule has 0 aromatic heterocycles. The summed E-state index contributed by atoms with van der Waals surface area (Å²) in [4.78, 5) is 0. The first-order chi connectivity index (χ1) is 2.27. The summed E-state index contributed by atoms with van der Waals surface area (Å²) in [5.74, 6) is 0. The molecule has 0 N–H and O–H groups in total. The topological polar surface area (TPSA) is 43.4 Å². The molecule has 0 bridgehead atoms. The summed E-state index contributed by atoms with van der Waals surface area (Å²) in [6.07, 6.45) is 0. The van der Waals surface area contributed by atoms with E-state index in [-0.39, 0.29) is 27.3 Å². The van der Waals surface area contributed by atoms with Crippen LogP contribution in [-0.2, 0) is 23.6 Å². The van der Waals surface area contributed by atoms with E-state index in [2.05, 4.69) is 4.18 Å². The van der Waals surface area contributed by atoms with Crippen molar-refractivity contribution in [1.82, 2.24) is 0 Å². The Morgan fingerprint density at radius 3 is 1.67 bits per heavy atom. The Morgan fingerprint density at radius 2 is 1.67 bits per heavy atom. The molecule has 37 valence electrons. The Hall–Kier alpha value is 0.832. The van der Waals surface area contributed by atoms with E-state index in [1.807, 2.05) is 0 Å². The van der Waals surface area contributed by atoms with E-state index in [9.17, 15) is 0 Å². The van der Waals surface area contributed by atoms with Crippen molar-refractivity contribution in [2.24, 2.45) is 0 Å². The molecule has 0 aliphatic heterocycles. The molecule has 0 saturated carbocycles. The van der Waals surface area contributed by atoms with Crippen LogP contribution in [0, 0.1) is 0 Å². The summed E-state index contributed by atoms with van der Waals surface area (Å²) in [6, 6.07) is 0. The first-order valence-corrected chi connectivity index (χ1v) is 1.91. The van der Waals surface area contributed by atoms with Crippen molar-refractivity contribution in [2.75, 3.05) is 7.11 Å². The molecule has 0 aromatic carbocycles. The summed E-state index contributed by atoms with van der Waals surface area (Å²) < 4.78 is 22.0. The molecule has 6 heavy (non-hydrogen) atoms. The van der Waals surface area contributed by atoms with Crippen LogP contribution in [0.15, 0.2) is 0 Å². The van der Waals surface area contributed by atoms with Crippen molar-refractivity contribution in [2.45, 2.75) is 0 Å². The summed E-state index contributed by atoms with van der Waals surface area (Å²) in [5.41, 5.74) is 0. The second kappa shape index (κ2) is 5.83. The van der Waals surface area contributed by atoms with Gasteiger partial charge < -0.3 is 12.6 Å². The van der Waals surface area contributed by atoms with E-state index in [0.717, 1.165) is 7.11 Å². The molecule has 0 atom stereocenters. The normalized spacial score (nSPS) is 7.67. The van der Waals surface area contributed by atoms with Gasteiger partial charge in [-0.1, -0.05) is 0 Å². The summed E-state index contributed by atoms with van der Waals surface area (Å²) in [7, 11) is -1.24. The summed E-state index contributed by atoms with van der Waals surface area (Å²) in [5, 5.41) is 0. The van der Waals surface area contributed by atoms with Gasteiger partial charge in [0, 0.05) is 7.11 Å². The van der Waals surface area contributed by atoms with Crippen LogP contribution < -0.4 is 0 Å². The standard InChI is InChI=1S/CH3O3S.Pb.H/c1-4-5(2)3;;/h1H3;;/q-1;;. The van der Waals surface area contributed by atoms with Crippen LogP contribution in [0.2, 0.25) is 0 Å². The molecule has 3 radical (unpaired) electrons. The average molecular weight is 303 g/mol. The number of hydrogen-bond acceptors (Lipinski definition) is 4. The van der Waals surface area contributed by atoms with Gasteiger partial charge in [0.2, 0.25) is 0 Å². The predicted octanol–water partition coefficient (Wildman–Crippen LogP) is -0.791. The molecular formula is CH4O3PbS-. The van der Waals surface area contributed by atoms with Gasteiger partial charge in [0.1, 0.15) is 0 Å². The SMILES string of the molecule is CO[S-](=O)=O.[PbH]. The van der Waals surface area contributed by atoms with Crippen LogP contribution >= 0.6 is 0 Å². The van der Waals surface area contributed by atoms with Crippen molar-refractivity contribution < 1.29 is 12.6 Å². The first-order valence-electron chi connectivity index (χ1n) is 0.908.